The van der Waals surface area contributed by atoms with Crippen molar-refractivity contribution in [3.8, 4) is 0 Å². The Bertz CT molecular complexity index is 833. The molecule has 0 spiro atoms. The maximum absolute atomic E-state index is 10.7. The van der Waals surface area contributed by atoms with Crippen LogP contribution in [0.2, 0.25) is 0 Å². The Labute approximate surface area is 170 Å². The van der Waals surface area contributed by atoms with Gasteiger partial charge in [-0.1, -0.05) is 12.1 Å². The van der Waals surface area contributed by atoms with E-state index in [-0.39, 0.29) is 16.7 Å². The third-order valence-corrected chi connectivity index (χ3v) is 5.00. The molecule has 1 fully saturated rings. The number of aliphatic imine (C=N–C) groups is 1. The van der Waals surface area contributed by atoms with Crippen molar-refractivity contribution in [2.45, 2.75) is 25.4 Å². The fourth-order valence-electron chi connectivity index (χ4n) is 3.42. The zero-order chi connectivity index (χ0) is 20.6. The summed E-state index contributed by atoms with van der Waals surface area (Å²) in [5, 5.41) is 18.4. The number of aryl methyl sites for hydroxylation is 2. The molecule has 0 saturated carbocycles. The Hall–Kier alpha value is -2.94. The Morgan fingerprint density at radius 3 is 2.83 bits per heavy atom. The lowest BCUT2D eigenvalue weighted by Crippen LogP contribution is -2.48. The molecule has 0 aliphatic carbocycles. The topological polar surface area (TPSA) is 97.8 Å². The van der Waals surface area contributed by atoms with E-state index in [0.717, 1.165) is 56.0 Å². The van der Waals surface area contributed by atoms with Gasteiger partial charge in [-0.2, -0.15) is 5.10 Å². The summed E-state index contributed by atoms with van der Waals surface area (Å²) in [6.07, 6.45) is 6.73. The molecule has 1 aromatic heterocycles. The molecule has 156 valence electrons. The van der Waals surface area contributed by atoms with Crippen molar-refractivity contribution < 1.29 is 9.66 Å². The average molecular weight is 400 g/mol. The van der Waals surface area contributed by atoms with Crippen LogP contribution in [0, 0.1) is 10.1 Å². The number of nitro groups is 1. The molecule has 2 aromatic rings. The first kappa shape index (κ1) is 20.8. The van der Waals surface area contributed by atoms with E-state index in [4.69, 9.17) is 4.74 Å². The van der Waals surface area contributed by atoms with Crippen LogP contribution in [0.5, 0.6) is 0 Å². The maximum Gasteiger partial charge on any atom is 0.269 e. The lowest BCUT2D eigenvalue weighted by atomic mass is 10.1. The Kier molecular flexibility index (Phi) is 7.18. The van der Waals surface area contributed by atoms with Gasteiger partial charge in [0, 0.05) is 51.1 Å². The van der Waals surface area contributed by atoms with Gasteiger partial charge in [0.15, 0.2) is 5.96 Å². The van der Waals surface area contributed by atoms with E-state index in [0.29, 0.717) is 6.61 Å². The summed E-state index contributed by atoms with van der Waals surface area (Å²) < 4.78 is 7.68. The number of rotatable bonds is 7. The van der Waals surface area contributed by atoms with Crippen molar-refractivity contribution in [1.29, 1.82) is 0 Å². The van der Waals surface area contributed by atoms with Gasteiger partial charge in [0.25, 0.3) is 5.69 Å². The van der Waals surface area contributed by atoms with Crippen LogP contribution in [0.25, 0.3) is 0 Å². The molecule has 0 amide bonds. The number of nitro benzene ring substituents is 1. The number of morpholine rings is 1. The van der Waals surface area contributed by atoms with Gasteiger partial charge in [-0.25, -0.2) is 0 Å². The molecule has 1 aromatic carbocycles. The fourth-order valence-corrected chi connectivity index (χ4v) is 3.42. The van der Waals surface area contributed by atoms with Gasteiger partial charge in [0.2, 0.25) is 0 Å². The summed E-state index contributed by atoms with van der Waals surface area (Å²) in [5.41, 5.74) is 2.33. The quantitative estimate of drug-likeness (QED) is 0.252. The third kappa shape index (κ3) is 5.77. The predicted molar refractivity (Wildman–Crippen MR) is 111 cm³/mol. The maximum atomic E-state index is 10.7. The highest BCUT2D eigenvalue weighted by Gasteiger charge is 2.24. The second-order valence-electron chi connectivity index (χ2n) is 7.11. The van der Waals surface area contributed by atoms with Gasteiger partial charge in [-0.05, 0) is 24.8 Å². The molecule has 3 rings (SSSR count). The molecule has 1 saturated heterocycles. The highest BCUT2D eigenvalue weighted by atomic mass is 16.6. The highest BCUT2D eigenvalue weighted by molar-refractivity contribution is 5.80. The van der Waals surface area contributed by atoms with E-state index in [2.05, 4.69) is 20.3 Å². The molecule has 2 heterocycles. The first-order valence-electron chi connectivity index (χ1n) is 9.86. The van der Waals surface area contributed by atoms with E-state index in [1.54, 1.807) is 23.9 Å². The van der Waals surface area contributed by atoms with Gasteiger partial charge >= 0.3 is 0 Å². The van der Waals surface area contributed by atoms with Gasteiger partial charge in [-0.15, -0.1) is 0 Å². The number of aromatic nitrogens is 2. The van der Waals surface area contributed by atoms with Gasteiger partial charge < -0.3 is 15.0 Å². The summed E-state index contributed by atoms with van der Waals surface area (Å²) in [7, 11) is 3.70. The number of non-ortho nitro benzene ring substituents is 1. The van der Waals surface area contributed by atoms with Crippen LogP contribution < -0.4 is 5.32 Å². The van der Waals surface area contributed by atoms with E-state index in [1.165, 1.54) is 0 Å². The molecular formula is C20H28N6O3. The fraction of sp³-hybridized carbons (Fsp3) is 0.500. The van der Waals surface area contributed by atoms with E-state index in [1.807, 2.05) is 31.6 Å². The van der Waals surface area contributed by atoms with E-state index in [9.17, 15) is 10.1 Å². The average Bonchev–Trinajstić information content (AvgIpc) is 3.17. The number of hydrogen-bond acceptors (Lipinski definition) is 5. The lowest BCUT2D eigenvalue weighted by molar-refractivity contribution is -0.384. The molecule has 1 aliphatic heterocycles. The predicted octanol–water partition coefficient (Wildman–Crippen LogP) is 2.30. The van der Waals surface area contributed by atoms with E-state index < -0.39 is 0 Å². The van der Waals surface area contributed by atoms with Crippen molar-refractivity contribution in [2.24, 2.45) is 12.0 Å². The van der Waals surface area contributed by atoms with Crippen molar-refractivity contribution in [3.63, 3.8) is 0 Å². The largest absolute Gasteiger partial charge is 0.370 e. The minimum Gasteiger partial charge on any atom is -0.370 e. The van der Waals surface area contributed by atoms with Crippen molar-refractivity contribution in [1.82, 2.24) is 20.0 Å². The van der Waals surface area contributed by atoms with E-state index >= 15 is 0 Å². The first-order valence-corrected chi connectivity index (χ1v) is 9.86. The number of guanidine groups is 1. The number of nitrogens with one attached hydrogen (secondary N) is 1. The SMILES string of the molecule is CN=C(NCCCCc1ccc([N+](=O)[O-])cc1)N1CCOC(c2cnn(C)c2)C1. The summed E-state index contributed by atoms with van der Waals surface area (Å²) in [6, 6.07) is 6.78. The molecule has 0 radical (unpaired) electrons. The zero-order valence-electron chi connectivity index (χ0n) is 17.0. The molecular weight excluding hydrogens is 372 g/mol. The van der Waals surface area contributed by atoms with Gasteiger partial charge in [-0.3, -0.25) is 19.8 Å². The monoisotopic (exact) mass is 400 g/mol. The second-order valence-corrected chi connectivity index (χ2v) is 7.11. The summed E-state index contributed by atoms with van der Waals surface area (Å²) in [4.78, 5) is 17.0. The van der Waals surface area contributed by atoms with Crippen molar-refractivity contribution >= 4 is 11.6 Å². The molecule has 1 atom stereocenters. The summed E-state index contributed by atoms with van der Waals surface area (Å²) in [5.74, 6) is 0.887. The van der Waals surface area contributed by atoms with Gasteiger partial charge in [0.05, 0.1) is 24.3 Å². The van der Waals surface area contributed by atoms with Crippen LogP contribution in [-0.4, -0.2) is 58.9 Å². The Balaban J connectivity index is 1.41. The zero-order valence-corrected chi connectivity index (χ0v) is 17.0. The normalized spacial score (nSPS) is 17.4. The minimum atomic E-state index is -0.371. The Morgan fingerprint density at radius 2 is 2.17 bits per heavy atom. The number of nitrogens with zero attached hydrogens (tertiary/aromatic N) is 5. The van der Waals surface area contributed by atoms with Crippen LogP contribution in [0.1, 0.15) is 30.1 Å². The highest BCUT2D eigenvalue weighted by Crippen LogP contribution is 2.21. The number of hydrogen-bond donors (Lipinski definition) is 1. The molecule has 9 nitrogen and oxygen atoms in total. The molecule has 1 N–H and O–H groups in total. The molecule has 1 aliphatic rings. The smallest absolute Gasteiger partial charge is 0.269 e. The number of benzene rings is 1. The number of unbranched alkanes of at least 4 members (excludes halogenated alkanes) is 1. The lowest BCUT2D eigenvalue weighted by Gasteiger charge is -2.34. The van der Waals surface area contributed by atoms with Crippen LogP contribution >= 0.6 is 0 Å². The third-order valence-electron chi connectivity index (χ3n) is 5.00. The summed E-state index contributed by atoms with van der Waals surface area (Å²) >= 11 is 0. The second kappa shape index (κ2) is 10.0. The molecule has 0 bridgehead atoms. The summed E-state index contributed by atoms with van der Waals surface area (Å²) in [6.45, 7) is 3.03. The van der Waals surface area contributed by atoms with Crippen LogP contribution in [0.15, 0.2) is 41.7 Å². The first-order chi connectivity index (χ1) is 14.1. The molecule has 29 heavy (non-hydrogen) atoms. The molecule has 1 unspecified atom stereocenters. The van der Waals surface area contributed by atoms with Crippen LogP contribution in [0.4, 0.5) is 5.69 Å². The Morgan fingerprint density at radius 1 is 1.38 bits per heavy atom. The van der Waals surface area contributed by atoms with Gasteiger partial charge in [0.1, 0.15) is 6.10 Å². The van der Waals surface area contributed by atoms with Crippen LogP contribution in [0.3, 0.4) is 0 Å². The minimum absolute atomic E-state index is 0.00172. The van der Waals surface area contributed by atoms with Crippen molar-refractivity contribution in [2.75, 3.05) is 33.3 Å². The standard InChI is InChI=1S/C20H28N6O3/c1-21-20(25-11-12-29-19(15-25)17-13-23-24(2)14-17)22-10-4-3-5-16-6-8-18(9-7-16)26(27)28/h6-9,13-14,19H,3-5,10-12,15H2,1-2H3,(H,21,22). The van der Waals surface area contributed by atoms with Crippen LogP contribution in [-0.2, 0) is 18.2 Å². The number of ether oxygens (including phenoxy) is 1. The van der Waals surface area contributed by atoms with Crippen molar-refractivity contribution in [3.05, 3.63) is 57.9 Å². The molecule has 9 heteroatoms.